The molecule has 0 aromatic heterocycles. The maximum Gasteiger partial charge on any atom is 0.322 e. The van der Waals surface area contributed by atoms with E-state index in [0.717, 1.165) is 13.5 Å². The average molecular weight is 251 g/mol. The lowest BCUT2D eigenvalue weighted by Crippen LogP contribution is -2.33. The van der Waals surface area contributed by atoms with Crippen LogP contribution in [0.5, 0.6) is 0 Å². The molecular formula is C9H17NO5S. The van der Waals surface area contributed by atoms with Crippen LogP contribution >= 0.6 is 0 Å². The van der Waals surface area contributed by atoms with Gasteiger partial charge in [-0.25, -0.2) is 13.1 Å². The fourth-order valence-electron chi connectivity index (χ4n) is 1.74. The van der Waals surface area contributed by atoms with Crippen LogP contribution in [0.4, 0.5) is 0 Å². The molecule has 1 rings (SSSR count). The molecule has 0 bridgehead atoms. The number of methoxy groups -OCH3 is 1. The van der Waals surface area contributed by atoms with Gasteiger partial charge in [-0.2, -0.15) is 0 Å². The summed E-state index contributed by atoms with van der Waals surface area (Å²) in [6, 6.07) is 0. The monoisotopic (exact) mass is 251 g/mol. The molecule has 94 valence electrons. The fourth-order valence-corrected chi connectivity index (χ4v) is 2.76. The summed E-state index contributed by atoms with van der Waals surface area (Å²) < 4.78 is 29.4. The molecule has 2 N–H and O–H groups in total. The summed E-state index contributed by atoms with van der Waals surface area (Å²) >= 11 is 0. The van der Waals surface area contributed by atoms with Gasteiger partial charge in [-0.1, -0.05) is 0 Å². The summed E-state index contributed by atoms with van der Waals surface area (Å²) in [5, 5.41) is 9.26. The Hall–Kier alpha value is -0.660. The number of sulfonamides is 1. The van der Waals surface area contributed by atoms with Crippen molar-refractivity contribution < 1.29 is 23.1 Å². The van der Waals surface area contributed by atoms with E-state index in [-0.39, 0.29) is 18.6 Å². The molecular weight excluding hydrogens is 234 g/mol. The quantitative estimate of drug-likeness (QED) is 0.627. The smallest absolute Gasteiger partial charge is 0.322 e. The molecule has 2 unspecified atom stereocenters. The molecule has 16 heavy (non-hydrogen) atoms. The van der Waals surface area contributed by atoms with Gasteiger partial charge in [0.1, 0.15) is 0 Å². The Morgan fingerprint density at radius 1 is 1.50 bits per heavy atom. The Kier molecular flexibility index (Phi) is 4.69. The van der Waals surface area contributed by atoms with E-state index in [1.165, 1.54) is 0 Å². The van der Waals surface area contributed by atoms with Crippen LogP contribution < -0.4 is 4.72 Å². The van der Waals surface area contributed by atoms with E-state index in [4.69, 9.17) is 0 Å². The predicted octanol–water partition coefficient (Wildman–Crippen LogP) is -0.760. The van der Waals surface area contributed by atoms with Gasteiger partial charge >= 0.3 is 5.97 Å². The van der Waals surface area contributed by atoms with Crippen LogP contribution in [-0.4, -0.2) is 45.0 Å². The third-order valence-electron chi connectivity index (χ3n) is 2.64. The zero-order chi connectivity index (χ0) is 12.2. The van der Waals surface area contributed by atoms with Crippen LogP contribution in [0, 0.1) is 5.92 Å². The Balaban J connectivity index is 2.33. The minimum atomic E-state index is -3.60. The van der Waals surface area contributed by atoms with E-state index in [0.29, 0.717) is 12.8 Å². The number of carbonyl (C=O) groups is 1. The first-order valence-electron chi connectivity index (χ1n) is 5.15. The lowest BCUT2D eigenvalue weighted by atomic mass is 10.1. The first-order valence-corrected chi connectivity index (χ1v) is 6.80. The molecule has 0 amide bonds. The van der Waals surface area contributed by atoms with E-state index in [9.17, 15) is 18.3 Å². The van der Waals surface area contributed by atoms with E-state index < -0.39 is 21.7 Å². The zero-order valence-electron chi connectivity index (χ0n) is 9.18. The largest absolute Gasteiger partial charge is 0.468 e. The van der Waals surface area contributed by atoms with Gasteiger partial charge in [0.25, 0.3) is 0 Å². The molecule has 0 aliphatic heterocycles. The summed E-state index contributed by atoms with van der Waals surface area (Å²) in [6.45, 7) is 0.274. The maximum absolute atomic E-state index is 11.4. The number of ether oxygens (including phenoxy) is 1. The van der Waals surface area contributed by atoms with Crippen molar-refractivity contribution in [1.29, 1.82) is 0 Å². The predicted molar refractivity (Wildman–Crippen MR) is 57.2 cm³/mol. The maximum atomic E-state index is 11.4. The first-order chi connectivity index (χ1) is 7.43. The molecule has 0 aromatic rings. The van der Waals surface area contributed by atoms with Gasteiger partial charge in [0.2, 0.25) is 10.0 Å². The lowest BCUT2D eigenvalue weighted by Gasteiger charge is -2.10. The number of nitrogens with one attached hydrogen (secondary N) is 1. The third-order valence-corrected chi connectivity index (χ3v) is 3.86. The average Bonchev–Trinajstić information content (AvgIpc) is 2.61. The van der Waals surface area contributed by atoms with Crippen LogP contribution in [0.2, 0.25) is 0 Å². The summed E-state index contributed by atoms with van der Waals surface area (Å²) in [4.78, 5) is 10.8. The number of hydrogen-bond donors (Lipinski definition) is 2. The SMILES string of the molecule is COC(=O)CS(=O)(=O)NCC1CCC(O)C1. The topological polar surface area (TPSA) is 92.7 Å². The van der Waals surface area contributed by atoms with Crippen molar-refractivity contribution in [2.45, 2.75) is 25.4 Å². The lowest BCUT2D eigenvalue weighted by molar-refractivity contribution is -0.137. The highest BCUT2D eigenvalue weighted by Crippen LogP contribution is 2.24. The van der Waals surface area contributed by atoms with E-state index in [1.807, 2.05) is 0 Å². The number of esters is 1. The fraction of sp³-hybridized carbons (Fsp3) is 0.889. The highest BCUT2D eigenvalue weighted by molar-refractivity contribution is 7.90. The van der Waals surface area contributed by atoms with Crippen molar-refractivity contribution in [2.24, 2.45) is 5.92 Å². The van der Waals surface area contributed by atoms with Crippen LogP contribution in [0.3, 0.4) is 0 Å². The standard InChI is InChI=1S/C9H17NO5S/c1-15-9(12)6-16(13,14)10-5-7-2-3-8(11)4-7/h7-8,10-11H,2-6H2,1H3. The van der Waals surface area contributed by atoms with Crippen LogP contribution in [-0.2, 0) is 19.6 Å². The molecule has 1 aliphatic rings. The van der Waals surface area contributed by atoms with Gasteiger partial charge < -0.3 is 9.84 Å². The Labute approximate surface area is 95.0 Å². The number of rotatable bonds is 5. The molecule has 0 heterocycles. The highest BCUT2D eigenvalue weighted by atomic mass is 32.2. The summed E-state index contributed by atoms with van der Waals surface area (Å²) in [6.07, 6.45) is 1.81. The molecule has 0 spiro atoms. The van der Waals surface area contributed by atoms with Gasteiger partial charge in [-0.05, 0) is 25.2 Å². The second kappa shape index (κ2) is 5.60. The van der Waals surface area contributed by atoms with Gasteiger partial charge in [0, 0.05) is 6.54 Å². The zero-order valence-corrected chi connectivity index (χ0v) is 10.00. The van der Waals surface area contributed by atoms with Gasteiger partial charge in [0.05, 0.1) is 13.2 Å². The Morgan fingerprint density at radius 3 is 2.69 bits per heavy atom. The molecule has 1 aliphatic carbocycles. The van der Waals surface area contributed by atoms with E-state index in [1.54, 1.807) is 0 Å². The van der Waals surface area contributed by atoms with Crippen molar-refractivity contribution in [1.82, 2.24) is 4.72 Å². The summed E-state index contributed by atoms with van der Waals surface area (Å²) in [5.74, 6) is -1.28. The minimum Gasteiger partial charge on any atom is -0.468 e. The number of aliphatic hydroxyl groups is 1. The third kappa shape index (κ3) is 4.46. The molecule has 6 nitrogen and oxygen atoms in total. The minimum absolute atomic E-state index is 0.155. The first kappa shape index (κ1) is 13.4. The van der Waals surface area contributed by atoms with Crippen LogP contribution in [0.15, 0.2) is 0 Å². The van der Waals surface area contributed by atoms with Crippen molar-refractivity contribution in [2.75, 3.05) is 19.4 Å². The van der Waals surface area contributed by atoms with Crippen LogP contribution in [0.1, 0.15) is 19.3 Å². The summed E-state index contributed by atoms with van der Waals surface area (Å²) in [5.41, 5.74) is 0. The number of hydrogen-bond acceptors (Lipinski definition) is 5. The molecule has 2 atom stereocenters. The van der Waals surface area contributed by atoms with Gasteiger partial charge in [-0.3, -0.25) is 4.79 Å². The van der Waals surface area contributed by atoms with E-state index in [2.05, 4.69) is 9.46 Å². The van der Waals surface area contributed by atoms with Gasteiger partial charge in [0.15, 0.2) is 5.75 Å². The molecule has 7 heteroatoms. The Bertz CT molecular complexity index is 340. The normalized spacial score (nSPS) is 25.6. The molecule has 1 fully saturated rings. The second-order valence-corrected chi connectivity index (χ2v) is 5.82. The molecule has 1 saturated carbocycles. The van der Waals surface area contributed by atoms with Crippen molar-refractivity contribution in [3.63, 3.8) is 0 Å². The van der Waals surface area contributed by atoms with Crippen molar-refractivity contribution in [3.8, 4) is 0 Å². The highest BCUT2D eigenvalue weighted by Gasteiger charge is 2.25. The molecule has 0 saturated heterocycles. The summed E-state index contributed by atoms with van der Waals surface area (Å²) in [7, 11) is -2.46. The van der Waals surface area contributed by atoms with Crippen molar-refractivity contribution >= 4 is 16.0 Å². The van der Waals surface area contributed by atoms with Crippen LogP contribution in [0.25, 0.3) is 0 Å². The molecule has 0 aromatic carbocycles. The number of aliphatic hydroxyl groups excluding tert-OH is 1. The van der Waals surface area contributed by atoms with E-state index >= 15 is 0 Å². The van der Waals surface area contributed by atoms with Gasteiger partial charge in [-0.15, -0.1) is 0 Å². The Morgan fingerprint density at radius 2 is 2.19 bits per heavy atom. The van der Waals surface area contributed by atoms with Crippen molar-refractivity contribution in [3.05, 3.63) is 0 Å². The second-order valence-electron chi connectivity index (χ2n) is 4.02. The molecule has 0 radical (unpaired) electrons. The number of carbonyl (C=O) groups excluding carboxylic acids is 1.